The lowest BCUT2D eigenvalue weighted by molar-refractivity contribution is -0.127. The molecule has 3 N–H and O–H groups in total. The highest BCUT2D eigenvalue weighted by Gasteiger charge is 2.35. The molecule has 13 heteroatoms. The fourth-order valence-electron chi connectivity index (χ4n) is 2.87. The van der Waals surface area contributed by atoms with Crippen LogP contribution in [0.3, 0.4) is 0 Å². The molecule has 34 heavy (non-hydrogen) atoms. The number of amides is 4. The topological polar surface area (TPSA) is 162 Å². The number of thioether (sulfide) groups is 1. The quantitative estimate of drug-likeness (QED) is 0.403. The van der Waals surface area contributed by atoms with Crippen LogP contribution in [0, 0.1) is 0 Å². The fourth-order valence-corrected chi connectivity index (χ4v) is 4.64. The normalized spacial score (nSPS) is 14.9. The second-order valence-electron chi connectivity index (χ2n) is 6.89. The van der Waals surface area contributed by atoms with Crippen molar-refractivity contribution in [2.45, 2.75) is 11.8 Å². The minimum atomic E-state index is -4.28. The molecule has 0 saturated carbocycles. The van der Waals surface area contributed by atoms with E-state index in [0.717, 1.165) is 4.90 Å². The maximum atomic E-state index is 12.8. The predicted octanol–water partition coefficient (Wildman–Crippen LogP) is 1.94. The Kier molecular flexibility index (Phi) is 7.27. The smallest absolute Gasteiger partial charge is 0.339 e. The number of imide groups is 1. The minimum absolute atomic E-state index is 0.0267. The molecule has 4 amide bonds. The summed E-state index contributed by atoms with van der Waals surface area (Å²) in [5.74, 6) is -1.88. The largest absolute Gasteiger partial charge is 0.493 e. The molecule has 11 nitrogen and oxygen atoms in total. The van der Waals surface area contributed by atoms with E-state index in [1.165, 1.54) is 62.6 Å². The summed E-state index contributed by atoms with van der Waals surface area (Å²) in [6, 6.07) is 9.65. The summed E-state index contributed by atoms with van der Waals surface area (Å²) in [4.78, 5) is 47.2. The summed E-state index contributed by atoms with van der Waals surface area (Å²) in [6.45, 7) is 0.781. The van der Waals surface area contributed by atoms with Crippen molar-refractivity contribution in [1.29, 1.82) is 0 Å². The molecule has 0 atom stereocenters. The molecular formula is C21H19N3O8S2. The Morgan fingerprint density at radius 2 is 1.79 bits per heavy atom. The Bertz CT molecular complexity index is 1300. The Morgan fingerprint density at radius 3 is 2.38 bits per heavy atom. The van der Waals surface area contributed by atoms with Gasteiger partial charge in [-0.25, -0.2) is 0 Å². The molecule has 178 valence electrons. The number of nitrogens with one attached hydrogen (secondary N) is 1. The van der Waals surface area contributed by atoms with E-state index >= 15 is 0 Å². The zero-order valence-corrected chi connectivity index (χ0v) is 19.6. The highest BCUT2D eigenvalue weighted by Crippen LogP contribution is 2.35. The van der Waals surface area contributed by atoms with E-state index < -0.39 is 33.7 Å². The minimum Gasteiger partial charge on any atom is -0.493 e. The van der Waals surface area contributed by atoms with Crippen LogP contribution in [0.1, 0.15) is 12.5 Å². The van der Waals surface area contributed by atoms with E-state index in [4.69, 9.17) is 14.7 Å². The van der Waals surface area contributed by atoms with Gasteiger partial charge in [0.1, 0.15) is 11.4 Å². The highest BCUT2D eigenvalue weighted by atomic mass is 32.2. The van der Waals surface area contributed by atoms with E-state index in [0.29, 0.717) is 23.0 Å². The van der Waals surface area contributed by atoms with Crippen LogP contribution in [0.2, 0.25) is 0 Å². The second-order valence-corrected chi connectivity index (χ2v) is 9.43. The van der Waals surface area contributed by atoms with Crippen LogP contribution in [0.25, 0.3) is 6.08 Å². The van der Waals surface area contributed by atoms with Gasteiger partial charge < -0.3 is 20.0 Å². The molecule has 0 unspecified atom stereocenters. The van der Waals surface area contributed by atoms with Gasteiger partial charge in [-0.3, -0.25) is 24.1 Å². The van der Waals surface area contributed by atoms with Crippen molar-refractivity contribution in [2.24, 2.45) is 5.73 Å². The van der Waals surface area contributed by atoms with Crippen LogP contribution in [0.15, 0.2) is 52.3 Å². The second kappa shape index (κ2) is 9.97. The number of nitrogens with two attached hydrogens (primary N) is 1. The van der Waals surface area contributed by atoms with Crippen LogP contribution in [0.5, 0.6) is 11.5 Å². The van der Waals surface area contributed by atoms with Gasteiger partial charge in [0.15, 0.2) is 11.5 Å². The number of carbonyl (C=O) groups excluding carboxylic acids is 4. The molecule has 1 aliphatic rings. The van der Waals surface area contributed by atoms with Crippen molar-refractivity contribution >= 4 is 56.6 Å². The van der Waals surface area contributed by atoms with Crippen LogP contribution in [0.4, 0.5) is 10.5 Å². The van der Waals surface area contributed by atoms with Gasteiger partial charge >= 0.3 is 10.1 Å². The number of methoxy groups -OCH3 is 1. The number of anilines is 1. The summed E-state index contributed by atoms with van der Waals surface area (Å²) in [7, 11) is -2.95. The average molecular weight is 506 g/mol. The third kappa shape index (κ3) is 5.74. The number of hydrogen-bond donors (Lipinski definition) is 2. The van der Waals surface area contributed by atoms with Gasteiger partial charge in [-0.1, -0.05) is 6.07 Å². The van der Waals surface area contributed by atoms with E-state index in [1.54, 1.807) is 0 Å². The number of carbonyl (C=O) groups is 4. The molecule has 1 fully saturated rings. The van der Waals surface area contributed by atoms with E-state index in [1.807, 2.05) is 0 Å². The number of benzene rings is 2. The van der Waals surface area contributed by atoms with Gasteiger partial charge in [0.25, 0.3) is 11.1 Å². The summed E-state index contributed by atoms with van der Waals surface area (Å²) in [5.41, 5.74) is 5.82. The maximum Gasteiger partial charge on any atom is 0.339 e. The first-order valence-electron chi connectivity index (χ1n) is 9.54. The Morgan fingerprint density at radius 1 is 1.12 bits per heavy atom. The molecule has 0 spiro atoms. The Hall–Kier alpha value is -3.84. The molecule has 1 saturated heterocycles. The summed E-state index contributed by atoms with van der Waals surface area (Å²) >= 11 is 0.620. The molecular weight excluding hydrogens is 486 g/mol. The summed E-state index contributed by atoms with van der Waals surface area (Å²) in [6.07, 6.45) is 1.35. The molecule has 0 aliphatic carbocycles. The van der Waals surface area contributed by atoms with Crippen LogP contribution < -0.4 is 20.0 Å². The van der Waals surface area contributed by atoms with Gasteiger partial charge in [0, 0.05) is 12.6 Å². The highest BCUT2D eigenvalue weighted by molar-refractivity contribution is 8.18. The first-order chi connectivity index (χ1) is 16.0. The zero-order valence-electron chi connectivity index (χ0n) is 17.9. The molecule has 2 aromatic carbocycles. The number of nitrogens with zero attached hydrogens (tertiary/aromatic N) is 1. The molecule has 0 radical (unpaired) electrons. The summed E-state index contributed by atoms with van der Waals surface area (Å²) < 4.78 is 36.0. The van der Waals surface area contributed by atoms with Crippen LogP contribution in [-0.2, 0) is 24.5 Å². The van der Waals surface area contributed by atoms with Gasteiger partial charge in [-0.2, -0.15) is 8.42 Å². The van der Waals surface area contributed by atoms with Gasteiger partial charge in [-0.05, 0) is 59.8 Å². The van der Waals surface area contributed by atoms with Gasteiger partial charge in [0.05, 0.1) is 12.0 Å². The fraction of sp³-hybridized carbons (Fsp3) is 0.143. The number of hydrogen-bond acceptors (Lipinski definition) is 9. The van der Waals surface area contributed by atoms with Crippen molar-refractivity contribution in [3.8, 4) is 11.5 Å². The number of primary amides is 1. The molecule has 2 aromatic rings. The van der Waals surface area contributed by atoms with Crippen molar-refractivity contribution in [3.05, 3.63) is 52.9 Å². The molecule has 1 aliphatic heterocycles. The third-order valence-corrected chi connectivity index (χ3v) is 6.49. The number of ether oxygens (including phenoxy) is 1. The lowest BCUT2D eigenvalue weighted by Gasteiger charge is -2.12. The van der Waals surface area contributed by atoms with Crippen LogP contribution in [-0.4, -0.2) is 49.9 Å². The standard InChI is InChI=1S/C21H19N3O8S2/c1-12(25)23-14-4-6-15(7-5-14)34(29,30)32-17-9-13(3-8-16(17)31-2)10-18-20(27)24(11-19(22)26)21(28)33-18/h3-10H,11H2,1-2H3,(H2,22,26)(H,23,25)/b18-10-. The van der Waals surface area contributed by atoms with Crippen LogP contribution >= 0.6 is 11.8 Å². The third-order valence-electron chi connectivity index (χ3n) is 4.34. The van der Waals surface area contributed by atoms with Gasteiger partial charge in [-0.15, -0.1) is 0 Å². The maximum absolute atomic E-state index is 12.8. The van der Waals surface area contributed by atoms with E-state index in [2.05, 4.69) is 5.32 Å². The zero-order chi connectivity index (χ0) is 25.0. The van der Waals surface area contributed by atoms with E-state index in [-0.39, 0.29) is 27.2 Å². The average Bonchev–Trinajstić information content (AvgIpc) is 3.00. The SMILES string of the molecule is COc1ccc(/C=C2\SC(=O)N(CC(N)=O)C2=O)cc1OS(=O)(=O)c1ccc(NC(C)=O)cc1. The molecule has 0 aromatic heterocycles. The first-order valence-corrected chi connectivity index (χ1v) is 11.8. The van der Waals surface area contributed by atoms with Gasteiger partial charge in [0.2, 0.25) is 11.8 Å². The first kappa shape index (κ1) is 24.8. The lowest BCUT2D eigenvalue weighted by atomic mass is 10.2. The van der Waals surface area contributed by atoms with Crippen molar-refractivity contribution in [2.75, 3.05) is 19.0 Å². The molecule has 3 rings (SSSR count). The predicted molar refractivity (Wildman–Crippen MR) is 123 cm³/mol. The molecule has 0 bridgehead atoms. The van der Waals surface area contributed by atoms with Crippen molar-refractivity contribution in [3.63, 3.8) is 0 Å². The lowest BCUT2D eigenvalue weighted by Crippen LogP contribution is -2.36. The molecule has 1 heterocycles. The van der Waals surface area contributed by atoms with Crippen molar-refractivity contribution in [1.82, 2.24) is 4.90 Å². The Balaban J connectivity index is 1.88. The van der Waals surface area contributed by atoms with E-state index in [9.17, 15) is 27.6 Å². The number of rotatable bonds is 8. The Labute approximate surface area is 199 Å². The van der Waals surface area contributed by atoms with Crippen molar-refractivity contribution < 1.29 is 36.5 Å². The summed E-state index contributed by atoms with van der Waals surface area (Å²) in [5, 5.41) is 1.88. The monoisotopic (exact) mass is 505 g/mol.